The second-order valence-electron chi connectivity index (χ2n) is 5.70. The summed E-state index contributed by atoms with van der Waals surface area (Å²) >= 11 is 0. The number of nitrogens with one attached hydrogen (secondary N) is 2. The summed E-state index contributed by atoms with van der Waals surface area (Å²) in [5.41, 5.74) is 0.835. The molecule has 0 radical (unpaired) electrons. The maximum absolute atomic E-state index is 12.4. The number of imidazole rings is 2. The Kier molecular flexibility index (Phi) is 4.40. The molecule has 3 rings (SSSR count). The van der Waals surface area contributed by atoms with Gasteiger partial charge in [-0.15, -0.1) is 0 Å². The Hall–Kier alpha value is -3.69. The van der Waals surface area contributed by atoms with Crippen molar-refractivity contribution in [3.05, 3.63) is 48.7 Å². The highest BCUT2D eigenvalue weighted by Gasteiger charge is 2.18. The van der Waals surface area contributed by atoms with Crippen LogP contribution in [0.25, 0.3) is 0 Å². The van der Waals surface area contributed by atoms with E-state index in [4.69, 9.17) is 0 Å². The van der Waals surface area contributed by atoms with Crippen molar-refractivity contribution < 1.29 is 14.4 Å². The van der Waals surface area contributed by atoms with Crippen LogP contribution >= 0.6 is 0 Å². The molecule has 26 heavy (non-hydrogen) atoms. The number of aromatic nitrogens is 5. The van der Waals surface area contributed by atoms with Gasteiger partial charge in [0.25, 0.3) is 11.8 Å². The van der Waals surface area contributed by atoms with Crippen molar-refractivity contribution in [1.82, 2.24) is 23.7 Å². The lowest BCUT2D eigenvalue weighted by atomic mass is 10.3. The Bertz CT molecular complexity index is 982. The minimum Gasteiger partial charge on any atom is -0.344 e. The fourth-order valence-corrected chi connectivity index (χ4v) is 2.46. The van der Waals surface area contributed by atoms with Crippen molar-refractivity contribution in [3.63, 3.8) is 0 Å². The van der Waals surface area contributed by atoms with Crippen LogP contribution in [-0.4, -0.2) is 41.4 Å². The summed E-state index contributed by atoms with van der Waals surface area (Å²) in [6.45, 7) is 1.36. The summed E-state index contributed by atoms with van der Waals surface area (Å²) in [5.74, 6) is -0.596. The molecule has 2 amide bonds. The van der Waals surface area contributed by atoms with Crippen LogP contribution in [0.2, 0.25) is 0 Å². The number of aryl methyl sites for hydroxylation is 2. The van der Waals surface area contributed by atoms with Gasteiger partial charge in [-0.25, -0.2) is 9.97 Å². The smallest absolute Gasteiger partial charge is 0.291 e. The number of carbonyl (C=O) groups excluding carboxylic acids is 3. The van der Waals surface area contributed by atoms with Gasteiger partial charge in [0.15, 0.2) is 5.82 Å². The fourth-order valence-electron chi connectivity index (χ4n) is 2.46. The number of hydrogen-bond acceptors (Lipinski definition) is 5. The maximum atomic E-state index is 12.4. The van der Waals surface area contributed by atoms with Gasteiger partial charge >= 0.3 is 0 Å². The van der Waals surface area contributed by atoms with E-state index < -0.39 is 5.91 Å². The summed E-state index contributed by atoms with van der Waals surface area (Å²) in [6, 6.07) is 1.57. The van der Waals surface area contributed by atoms with Crippen molar-refractivity contribution in [2.24, 2.45) is 14.1 Å². The average Bonchev–Trinajstić information content (AvgIpc) is 3.27. The molecule has 0 atom stereocenters. The van der Waals surface area contributed by atoms with Gasteiger partial charge in [0, 0.05) is 45.8 Å². The highest BCUT2D eigenvalue weighted by atomic mass is 16.2. The zero-order valence-electron chi connectivity index (χ0n) is 14.4. The van der Waals surface area contributed by atoms with Crippen LogP contribution in [0.5, 0.6) is 0 Å². The van der Waals surface area contributed by atoms with E-state index in [1.165, 1.54) is 34.8 Å². The first kappa shape index (κ1) is 17.1. The highest BCUT2D eigenvalue weighted by molar-refractivity contribution is 6.03. The Morgan fingerprint density at radius 3 is 2.50 bits per heavy atom. The van der Waals surface area contributed by atoms with Crippen molar-refractivity contribution in [3.8, 4) is 0 Å². The van der Waals surface area contributed by atoms with Gasteiger partial charge in [-0.05, 0) is 6.07 Å². The monoisotopic (exact) mass is 355 g/mol. The number of hydrogen-bond donors (Lipinski definition) is 2. The highest BCUT2D eigenvalue weighted by Crippen LogP contribution is 2.16. The minimum absolute atomic E-state index is 0.125. The summed E-state index contributed by atoms with van der Waals surface area (Å²) in [6.07, 6.45) is 7.63. The number of anilines is 2. The van der Waals surface area contributed by atoms with E-state index in [0.29, 0.717) is 11.4 Å². The topological polar surface area (TPSA) is 116 Å². The number of rotatable bonds is 4. The molecule has 3 aromatic heterocycles. The lowest BCUT2D eigenvalue weighted by Crippen LogP contribution is -2.16. The Morgan fingerprint density at radius 2 is 1.85 bits per heavy atom. The molecule has 0 aromatic carbocycles. The number of amides is 2. The quantitative estimate of drug-likeness (QED) is 0.720. The third-order valence-electron chi connectivity index (χ3n) is 3.60. The first-order valence-corrected chi connectivity index (χ1v) is 7.66. The molecule has 134 valence electrons. The first-order chi connectivity index (χ1) is 12.3. The van der Waals surface area contributed by atoms with Crippen LogP contribution in [0.1, 0.15) is 28.0 Å². The Balaban J connectivity index is 1.78. The van der Waals surface area contributed by atoms with E-state index in [9.17, 15) is 14.4 Å². The standard InChI is InChI=1S/C16H17N7O3/c1-10(24)18-13-8-22(3)14(20-13)15(25)19-11-6-12(21(2)7-11)16(26)23-5-4-17-9-23/h4-9H,1-3H3,(H,18,24)(H,19,25). The predicted molar refractivity (Wildman–Crippen MR) is 92.8 cm³/mol. The number of nitrogens with zero attached hydrogens (tertiary/aromatic N) is 5. The van der Waals surface area contributed by atoms with Gasteiger partial charge in [0.1, 0.15) is 12.0 Å². The molecular formula is C16H17N7O3. The lowest BCUT2D eigenvalue weighted by molar-refractivity contribution is -0.114. The molecule has 0 fully saturated rings. The van der Waals surface area contributed by atoms with Gasteiger partial charge in [-0.2, -0.15) is 0 Å². The van der Waals surface area contributed by atoms with E-state index in [-0.39, 0.29) is 23.5 Å². The predicted octanol–water partition coefficient (Wildman–Crippen LogP) is 0.854. The molecule has 0 aliphatic rings. The SMILES string of the molecule is CC(=O)Nc1cn(C)c(C(=O)Nc2cc(C(=O)n3ccnc3)n(C)c2)n1. The Morgan fingerprint density at radius 1 is 1.08 bits per heavy atom. The van der Waals surface area contributed by atoms with Crippen LogP contribution in [0.3, 0.4) is 0 Å². The van der Waals surface area contributed by atoms with Crippen LogP contribution in [0.15, 0.2) is 37.2 Å². The average molecular weight is 355 g/mol. The molecule has 3 heterocycles. The molecule has 0 aliphatic carbocycles. The van der Waals surface area contributed by atoms with Crippen LogP contribution in [0, 0.1) is 0 Å². The molecule has 0 saturated carbocycles. The van der Waals surface area contributed by atoms with Gasteiger partial charge in [-0.1, -0.05) is 0 Å². The van der Waals surface area contributed by atoms with Crippen LogP contribution in [0.4, 0.5) is 11.5 Å². The summed E-state index contributed by atoms with van der Waals surface area (Å²) in [7, 11) is 3.35. The largest absolute Gasteiger partial charge is 0.344 e. The van der Waals surface area contributed by atoms with Gasteiger partial charge in [0.2, 0.25) is 11.7 Å². The van der Waals surface area contributed by atoms with Gasteiger partial charge in [0.05, 0.1) is 5.69 Å². The van der Waals surface area contributed by atoms with Crippen molar-refractivity contribution in [1.29, 1.82) is 0 Å². The van der Waals surface area contributed by atoms with Crippen LogP contribution in [-0.2, 0) is 18.9 Å². The van der Waals surface area contributed by atoms with E-state index >= 15 is 0 Å². The Labute approximate surface area is 148 Å². The fraction of sp³-hybridized carbons (Fsp3) is 0.188. The molecule has 0 spiro atoms. The lowest BCUT2D eigenvalue weighted by Gasteiger charge is -2.01. The second-order valence-corrected chi connectivity index (χ2v) is 5.70. The second kappa shape index (κ2) is 6.67. The first-order valence-electron chi connectivity index (χ1n) is 7.66. The molecule has 0 saturated heterocycles. The van der Waals surface area contributed by atoms with E-state index in [1.54, 1.807) is 37.1 Å². The normalized spacial score (nSPS) is 10.6. The van der Waals surface area contributed by atoms with Gasteiger partial charge in [-0.3, -0.25) is 19.0 Å². The zero-order chi connectivity index (χ0) is 18.8. The zero-order valence-corrected chi connectivity index (χ0v) is 14.4. The minimum atomic E-state index is -0.462. The molecule has 2 N–H and O–H groups in total. The molecule has 10 nitrogen and oxygen atoms in total. The molecule has 10 heteroatoms. The van der Waals surface area contributed by atoms with E-state index in [1.807, 2.05) is 0 Å². The van der Waals surface area contributed by atoms with Gasteiger partial charge < -0.3 is 19.8 Å². The maximum Gasteiger partial charge on any atom is 0.291 e. The van der Waals surface area contributed by atoms with E-state index in [0.717, 1.165) is 0 Å². The molecular weight excluding hydrogens is 338 g/mol. The third-order valence-corrected chi connectivity index (χ3v) is 3.60. The summed E-state index contributed by atoms with van der Waals surface area (Å²) in [5, 5.41) is 5.21. The summed E-state index contributed by atoms with van der Waals surface area (Å²) in [4.78, 5) is 43.9. The van der Waals surface area contributed by atoms with Crippen molar-refractivity contribution in [2.75, 3.05) is 10.6 Å². The van der Waals surface area contributed by atoms with E-state index in [2.05, 4.69) is 20.6 Å². The molecule has 0 aliphatic heterocycles. The van der Waals surface area contributed by atoms with Crippen molar-refractivity contribution >= 4 is 29.2 Å². The number of carbonyl (C=O) groups is 3. The molecule has 3 aromatic rings. The molecule has 0 bridgehead atoms. The third kappa shape index (κ3) is 3.38. The van der Waals surface area contributed by atoms with Crippen molar-refractivity contribution in [2.45, 2.75) is 6.92 Å². The summed E-state index contributed by atoms with van der Waals surface area (Å²) < 4.78 is 4.46. The van der Waals surface area contributed by atoms with Crippen LogP contribution < -0.4 is 10.6 Å². The molecule has 0 unspecified atom stereocenters.